The molecule has 0 aliphatic carbocycles. The molecule has 8 nitrogen and oxygen atoms in total. The molecule has 1 aliphatic rings. The molecule has 0 spiro atoms. The van der Waals surface area contributed by atoms with Gasteiger partial charge in [0.15, 0.2) is 11.0 Å². The number of aldehydes is 1. The zero-order valence-corrected chi connectivity index (χ0v) is 21.9. The highest BCUT2D eigenvalue weighted by Crippen LogP contribution is 2.28. The Bertz CT molecular complexity index is 1600. The summed E-state index contributed by atoms with van der Waals surface area (Å²) in [6.45, 7) is 4.80. The molecule has 194 valence electrons. The van der Waals surface area contributed by atoms with Gasteiger partial charge in [0.2, 0.25) is 0 Å². The van der Waals surface area contributed by atoms with Crippen LogP contribution in [0.2, 0.25) is 0 Å². The monoisotopic (exact) mass is 509 g/mol. The molecule has 3 heterocycles. The molecule has 0 amide bonds. The minimum Gasteiger partial charge on any atom is -0.494 e. The molecule has 1 fully saturated rings. The van der Waals surface area contributed by atoms with Gasteiger partial charge in [0, 0.05) is 49.9 Å². The third kappa shape index (κ3) is 4.75. The van der Waals surface area contributed by atoms with Crippen LogP contribution in [0.4, 0.5) is 5.69 Å². The van der Waals surface area contributed by atoms with Crippen molar-refractivity contribution in [3.63, 3.8) is 0 Å². The SMILES string of the molecule is CN1CCN(c2ccc3[nH]c(-c4ccc5nc(-c6cccc(OCCCC=O)c6)[nH]c5c4)[n+](C)c3c2)CC1. The van der Waals surface area contributed by atoms with Crippen molar-refractivity contribution >= 4 is 34.0 Å². The summed E-state index contributed by atoms with van der Waals surface area (Å²) in [6, 6.07) is 20.9. The van der Waals surface area contributed by atoms with Crippen LogP contribution in [0, 0.1) is 0 Å². The van der Waals surface area contributed by atoms with E-state index in [1.54, 1.807) is 0 Å². The zero-order chi connectivity index (χ0) is 26.1. The van der Waals surface area contributed by atoms with Crippen LogP contribution in [0.15, 0.2) is 60.7 Å². The van der Waals surface area contributed by atoms with E-state index < -0.39 is 0 Å². The minimum atomic E-state index is 0.511. The van der Waals surface area contributed by atoms with Gasteiger partial charge in [-0.2, -0.15) is 0 Å². The average molecular weight is 510 g/mol. The van der Waals surface area contributed by atoms with E-state index in [1.807, 2.05) is 24.3 Å². The molecule has 38 heavy (non-hydrogen) atoms. The lowest BCUT2D eigenvalue weighted by Crippen LogP contribution is -2.44. The van der Waals surface area contributed by atoms with Crippen molar-refractivity contribution in [1.29, 1.82) is 0 Å². The highest BCUT2D eigenvalue weighted by Gasteiger charge is 2.21. The largest absolute Gasteiger partial charge is 0.494 e. The van der Waals surface area contributed by atoms with E-state index in [-0.39, 0.29) is 0 Å². The van der Waals surface area contributed by atoms with Crippen LogP contribution in [0.5, 0.6) is 5.75 Å². The summed E-state index contributed by atoms with van der Waals surface area (Å²) < 4.78 is 8.04. The van der Waals surface area contributed by atoms with E-state index in [0.717, 1.165) is 77.5 Å². The summed E-state index contributed by atoms with van der Waals surface area (Å²) in [5.41, 5.74) is 7.53. The van der Waals surface area contributed by atoms with E-state index in [4.69, 9.17) is 9.72 Å². The first-order valence-electron chi connectivity index (χ1n) is 13.2. The Morgan fingerprint density at radius 3 is 2.68 bits per heavy atom. The number of imidazole rings is 2. The van der Waals surface area contributed by atoms with Gasteiger partial charge in [0.05, 0.1) is 30.3 Å². The Morgan fingerprint density at radius 1 is 0.974 bits per heavy atom. The molecule has 1 aliphatic heterocycles. The van der Waals surface area contributed by atoms with Gasteiger partial charge in [0.25, 0.3) is 5.82 Å². The van der Waals surface area contributed by atoms with Gasteiger partial charge in [-0.3, -0.25) is 0 Å². The van der Waals surface area contributed by atoms with Gasteiger partial charge in [-0.15, -0.1) is 0 Å². The van der Waals surface area contributed by atoms with Crippen molar-refractivity contribution in [3.05, 3.63) is 60.7 Å². The molecular weight excluding hydrogens is 476 g/mol. The maximum atomic E-state index is 10.5. The number of rotatable bonds is 8. The molecule has 0 radical (unpaired) electrons. The molecule has 1 saturated heterocycles. The quantitative estimate of drug-likeness (QED) is 0.185. The number of piperazine rings is 1. The number of aromatic nitrogens is 4. The number of nitrogens with one attached hydrogen (secondary N) is 2. The predicted octanol–water partition coefficient (Wildman–Crippen LogP) is 4.31. The smallest absolute Gasteiger partial charge is 0.287 e. The Labute approximate surface area is 221 Å². The average Bonchev–Trinajstić information content (AvgIpc) is 3.52. The summed E-state index contributed by atoms with van der Waals surface area (Å²) in [6.07, 6.45) is 2.14. The van der Waals surface area contributed by atoms with Crippen LogP contribution in [0.3, 0.4) is 0 Å². The fraction of sp³-hybridized carbons (Fsp3) is 0.300. The Hall–Kier alpha value is -4.17. The normalized spacial score (nSPS) is 14.4. The second kappa shape index (κ2) is 10.3. The minimum absolute atomic E-state index is 0.511. The molecule has 0 atom stereocenters. The number of ether oxygens (including phenoxy) is 1. The van der Waals surface area contributed by atoms with E-state index in [2.05, 4.69) is 74.8 Å². The number of hydrogen-bond donors (Lipinski definition) is 2. The number of carbonyl (C=O) groups excluding carboxylic acids is 1. The first kappa shape index (κ1) is 24.2. The summed E-state index contributed by atoms with van der Waals surface area (Å²) in [7, 11) is 4.30. The third-order valence-electron chi connectivity index (χ3n) is 7.40. The van der Waals surface area contributed by atoms with E-state index in [0.29, 0.717) is 19.4 Å². The number of H-pyrrole nitrogens is 2. The number of aromatic amines is 2. The lowest BCUT2D eigenvalue weighted by Gasteiger charge is -2.33. The number of likely N-dealkylation sites (N-methyl/N-ethyl adjacent to an activating group) is 1. The number of fused-ring (bicyclic) bond motifs is 2. The zero-order valence-electron chi connectivity index (χ0n) is 21.9. The van der Waals surface area contributed by atoms with Crippen molar-refractivity contribution in [2.45, 2.75) is 12.8 Å². The molecule has 2 aromatic heterocycles. The van der Waals surface area contributed by atoms with Crippen molar-refractivity contribution in [3.8, 4) is 28.5 Å². The third-order valence-corrected chi connectivity index (χ3v) is 7.40. The Morgan fingerprint density at radius 2 is 1.84 bits per heavy atom. The van der Waals surface area contributed by atoms with Crippen LogP contribution in [0.25, 0.3) is 44.8 Å². The van der Waals surface area contributed by atoms with Crippen LogP contribution < -0.4 is 14.2 Å². The molecule has 0 bridgehead atoms. The Kier molecular flexibility index (Phi) is 6.55. The lowest BCUT2D eigenvalue weighted by atomic mass is 10.2. The van der Waals surface area contributed by atoms with Gasteiger partial charge in [-0.25, -0.2) is 14.5 Å². The fourth-order valence-corrected chi connectivity index (χ4v) is 5.15. The molecule has 0 saturated carbocycles. The van der Waals surface area contributed by atoms with Gasteiger partial charge in [-0.05, 0) is 55.9 Å². The summed E-state index contributed by atoms with van der Waals surface area (Å²) >= 11 is 0. The highest BCUT2D eigenvalue weighted by molar-refractivity contribution is 5.85. The van der Waals surface area contributed by atoms with E-state index in [9.17, 15) is 4.79 Å². The van der Waals surface area contributed by atoms with Gasteiger partial charge < -0.3 is 24.3 Å². The van der Waals surface area contributed by atoms with Gasteiger partial charge in [-0.1, -0.05) is 12.1 Å². The van der Waals surface area contributed by atoms with Gasteiger partial charge >= 0.3 is 0 Å². The number of aryl methyl sites for hydroxylation is 1. The first-order valence-corrected chi connectivity index (χ1v) is 13.2. The number of nitrogens with zero attached hydrogens (tertiary/aromatic N) is 4. The van der Waals surface area contributed by atoms with Crippen molar-refractivity contribution in [2.75, 3.05) is 44.7 Å². The molecule has 5 aromatic rings. The molecular formula is C30H33N6O2+. The molecule has 6 rings (SSSR count). The van der Waals surface area contributed by atoms with Crippen LogP contribution in [0.1, 0.15) is 12.8 Å². The second-order valence-electron chi connectivity index (χ2n) is 10.0. The lowest BCUT2D eigenvalue weighted by molar-refractivity contribution is -0.633. The number of unbranched alkanes of at least 4 members (excludes halogenated alkanes) is 1. The van der Waals surface area contributed by atoms with E-state index >= 15 is 0 Å². The van der Waals surface area contributed by atoms with Crippen LogP contribution in [-0.2, 0) is 11.8 Å². The maximum absolute atomic E-state index is 10.5. The maximum Gasteiger partial charge on any atom is 0.287 e. The topological polar surface area (TPSA) is 81.1 Å². The molecule has 0 unspecified atom stereocenters. The van der Waals surface area contributed by atoms with Gasteiger partial charge in [0.1, 0.15) is 17.9 Å². The van der Waals surface area contributed by atoms with Crippen molar-refractivity contribution in [1.82, 2.24) is 19.9 Å². The summed E-state index contributed by atoms with van der Waals surface area (Å²) in [4.78, 5) is 27.3. The summed E-state index contributed by atoms with van der Waals surface area (Å²) in [5.74, 6) is 2.63. The number of carbonyl (C=O) groups is 1. The summed E-state index contributed by atoms with van der Waals surface area (Å²) in [5, 5.41) is 0. The van der Waals surface area contributed by atoms with Crippen LogP contribution >= 0.6 is 0 Å². The number of hydrogen-bond acceptors (Lipinski definition) is 5. The predicted molar refractivity (Wildman–Crippen MR) is 151 cm³/mol. The van der Waals surface area contributed by atoms with Crippen molar-refractivity contribution < 1.29 is 14.1 Å². The number of anilines is 1. The molecule has 2 N–H and O–H groups in total. The Balaban J connectivity index is 1.27. The highest BCUT2D eigenvalue weighted by atomic mass is 16.5. The van der Waals surface area contributed by atoms with E-state index in [1.165, 1.54) is 11.2 Å². The van der Waals surface area contributed by atoms with Crippen LogP contribution in [-0.4, -0.2) is 66.0 Å². The first-order chi connectivity index (χ1) is 18.6. The van der Waals surface area contributed by atoms with Crippen molar-refractivity contribution in [2.24, 2.45) is 7.05 Å². The number of benzene rings is 3. The molecule has 8 heteroatoms. The fourth-order valence-electron chi connectivity index (χ4n) is 5.15. The standard InChI is InChI=1S/C30H32N6O2/c1-34-12-14-36(15-13-34)23-9-11-26-28(20-23)35(2)30(33-26)22-8-10-25-27(19-22)32-29(31-25)21-6-5-7-24(18-21)38-17-4-3-16-37/h5-11,16,18-20H,3-4,12-15,17H2,1-2H3,(H,31,32,33)/p+1. The second-order valence-corrected chi connectivity index (χ2v) is 10.0. The molecule has 3 aromatic carbocycles.